The monoisotopic (exact) mass is 194 g/mol. The molecule has 2 heteroatoms. The molecule has 0 aromatic heterocycles. The Morgan fingerprint density at radius 1 is 1.64 bits per heavy atom. The molecule has 14 heavy (non-hydrogen) atoms. The topological polar surface area (TPSA) is 37.3 Å². The molecule has 2 unspecified atom stereocenters. The van der Waals surface area contributed by atoms with Crippen molar-refractivity contribution in [1.29, 1.82) is 0 Å². The molecule has 3 aliphatic rings. The number of aliphatic carboxylic acids is 1. The first-order valence-corrected chi connectivity index (χ1v) is 5.42. The van der Waals surface area contributed by atoms with Gasteiger partial charge in [0, 0.05) is 6.42 Å². The number of hydrogen-bond donors (Lipinski definition) is 1. The van der Waals surface area contributed by atoms with Crippen LogP contribution in [0.1, 0.15) is 39.5 Å². The van der Waals surface area contributed by atoms with E-state index in [-0.39, 0.29) is 0 Å². The third-order valence-corrected chi connectivity index (χ3v) is 4.21. The van der Waals surface area contributed by atoms with Crippen LogP contribution >= 0.6 is 0 Å². The highest BCUT2D eigenvalue weighted by Crippen LogP contribution is 2.59. The number of fused-ring (bicyclic) bond motifs is 1. The van der Waals surface area contributed by atoms with Gasteiger partial charge in [-0.2, -0.15) is 0 Å². The van der Waals surface area contributed by atoms with E-state index in [1.165, 1.54) is 18.4 Å². The highest BCUT2D eigenvalue weighted by molar-refractivity contribution is 5.67. The molecule has 2 bridgehead atoms. The summed E-state index contributed by atoms with van der Waals surface area (Å²) in [6.45, 7) is 4.64. The number of rotatable bonds is 3. The molecule has 0 saturated heterocycles. The Morgan fingerprint density at radius 3 is 2.86 bits per heavy atom. The fourth-order valence-electron chi connectivity index (χ4n) is 3.01. The van der Waals surface area contributed by atoms with Crippen LogP contribution in [0.4, 0.5) is 0 Å². The van der Waals surface area contributed by atoms with Crippen molar-refractivity contribution in [3.63, 3.8) is 0 Å². The van der Waals surface area contributed by atoms with Gasteiger partial charge < -0.3 is 5.11 Å². The third kappa shape index (κ3) is 1.37. The lowest BCUT2D eigenvalue weighted by Gasteiger charge is -2.56. The van der Waals surface area contributed by atoms with Crippen LogP contribution in [0.2, 0.25) is 0 Å². The van der Waals surface area contributed by atoms with Crippen LogP contribution in [0.3, 0.4) is 0 Å². The number of hydrogen-bond acceptors (Lipinski definition) is 1. The van der Waals surface area contributed by atoms with Crippen molar-refractivity contribution in [2.45, 2.75) is 39.5 Å². The maximum Gasteiger partial charge on any atom is 0.303 e. The zero-order chi connectivity index (χ0) is 10.3. The average molecular weight is 194 g/mol. The normalized spacial score (nSPS) is 33.1. The molecule has 0 aromatic carbocycles. The van der Waals surface area contributed by atoms with Crippen molar-refractivity contribution < 1.29 is 9.90 Å². The fraction of sp³-hybridized carbons (Fsp3) is 0.750. The number of carboxylic acid groups (broad SMARTS) is 1. The SMILES string of the molecule is CC1(C)C2CC=C(CCC(=O)O)C1C2. The van der Waals surface area contributed by atoms with Crippen molar-refractivity contribution >= 4 is 5.97 Å². The second-order valence-corrected chi connectivity index (χ2v) is 5.22. The van der Waals surface area contributed by atoms with E-state index in [0.29, 0.717) is 17.8 Å². The van der Waals surface area contributed by atoms with E-state index in [4.69, 9.17) is 5.11 Å². The van der Waals surface area contributed by atoms with E-state index >= 15 is 0 Å². The van der Waals surface area contributed by atoms with Crippen molar-refractivity contribution in [3.8, 4) is 0 Å². The van der Waals surface area contributed by atoms with Gasteiger partial charge in [-0.15, -0.1) is 0 Å². The third-order valence-electron chi connectivity index (χ3n) is 4.21. The first-order valence-electron chi connectivity index (χ1n) is 5.42. The molecule has 0 amide bonds. The van der Waals surface area contributed by atoms with E-state index in [1.807, 2.05) is 0 Å². The van der Waals surface area contributed by atoms with Crippen LogP contribution in [-0.4, -0.2) is 11.1 Å². The standard InChI is InChI=1S/C12H18O2/c1-12(2)9-5-3-8(10(12)7-9)4-6-11(13)14/h3,9-10H,4-7H2,1-2H3,(H,13,14). The number of carbonyl (C=O) groups is 1. The summed E-state index contributed by atoms with van der Waals surface area (Å²) in [5.41, 5.74) is 1.84. The molecule has 2 nitrogen and oxygen atoms in total. The van der Waals surface area contributed by atoms with E-state index in [9.17, 15) is 4.79 Å². The maximum atomic E-state index is 10.5. The molecule has 0 heterocycles. The molecule has 0 radical (unpaired) electrons. The average Bonchev–Trinajstić information content (AvgIpc) is 2.14. The van der Waals surface area contributed by atoms with Crippen LogP contribution in [0.15, 0.2) is 11.6 Å². The molecule has 0 aromatic rings. The summed E-state index contributed by atoms with van der Waals surface area (Å²) < 4.78 is 0. The molecule has 3 rings (SSSR count). The minimum Gasteiger partial charge on any atom is -0.481 e. The largest absolute Gasteiger partial charge is 0.481 e. The quantitative estimate of drug-likeness (QED) is 0.701. The van der Waals surface area contributed by atoms with Gasteiger partial charge in [-0.25, -0.2) is 0 Å². The lowest BCUT2D eigenvalue weighted by atomic mass is 9.48. The van der Waals surface area contributed by atoms with Crippen molar-refractivity contribution in [2.24, 2.45) is 17.3 Å². The maximum absolute atomic E-state index is 10.5. The molecule has 0 aliphatic heterocycles. The highest BCUT2D eigenvalue weighted by Gasteiger charge is 2.50. The minimum absolute atomic E-state index is 0.295. The number of carboxylic acids is 1. The van der Waals surface area contributed by atoms with E-state index in [0.717, 1.165) is 12.3 Å². The predicted molar refractivity (Wildman–Crippen MR) is 54.9 cm³/mol. The first-order chi connectivity index (χ1) is 6.51. The van der Waals surface area contributed by atoms with Crippen LogP contribution in [0, 0.1) is 17.3 Å². The predicted octanol–water partition coefficient (Wildman–Crippen LogP) is 2.84. The van der Waals surface area contributed by atoms with Gasteiger partial charge in [-0.3, -0.25) is 4.79 Å². The molecular weight excluding hydrogens is 176 g/mol. The zero-order valence-electron chi connectivity index (χ0n) is 8.92. The summed E-state index contributed by atoms with van der Waals surface area (Å²) in [5, 5.41) is 8.65. The highest BCUT2D eigenvalue weighted by atomic mass is 16.4. The Labute approximate surface area is 85.0 Å². The lowest BCUT2D eigenvalue weighted by molar-refractivity contribution is -0.137. The molecule has 78 valence electrons. The van der Waals surface area contributed by atoms with Crippen molar-refractivity contribution in [1.82, 2.24) is 0 Å². The van der Waals surface area contributed by atoms with Gasteiger partial charge >= 0.3 is 5.97 Å². The van der Waals surface area contributed by atoms with Gasteiger partial charge in [0.2, 0.25) is 0 Å². The van der Waals surface area contributed by atoms with Gasteiger partial charge in [0.15, 0.2) is 0 Å². The van der Waals surface area contributed by atoms with Gasteiger partial charge in [-0.1, -0.05) is 25.5 Å². The molecule has 3 aliphatic carbocycles. The van der Waals surface area contributed by atoms with Crippen molar-refractivity contribution in [2.75, 3.05) is 0 Å². The first kappa shape index (κ1) is 9.75. The van der Waals surface area contributed by atoms with Crippen LogP contribution in [0.5, 0.6) is 0 Å². The van der Waals surface area contributed by atoms with Gasteiger partial charge in [0.25, 0.3) is 0 Å². The summed E-state index contributed by atoms with van der Waals surface area (Å²) in [5.74, 6) is 0.840. The summed E-state index contributed by atoms with van der Waals surface area (Å²) in [4.78, 5) is 10.5. The Balaban J connectivity index is 2.00. The molecule has 1 N–H and O–H groups in total. The Bertz CT molecular complexity index is 289. The molecule has 1 fully saturated rings. The molecule has 1 saturated carbocycles. The van der Waals surface area contributed by atoms with Gasteiger partial charge in [0.05, 0.1) is 0 Å². The van der Waals surface area contributed by atoms with Gasteiger partial charge in [0.1, 0.15) is 0 Å². The smallest absolute Gasteiger partial charge is 0.303 e. The molecule has 2 atom stereocenters. The summed E-state index contributed by atoms with van der Waals surface area (Å²) in [7, 11) is 0. The Morgan fingerprint density at radius 2 is 2.36 bits per heavy atom. The minimum atomic E-state index is -0.676. The van der Waals surface area contributed by atoms with Crippen molar-refractivity contribution in [3.05, 3.63) is 11.6 Å². The van der Waals surface area contributed by atoms with Crippen LogP contribution in [-0.2, 0) is 4.79 Å². The second-order valence-electron chi connectivity index (χ2n) is 5.22. The molecule has 0 spiro atoms. The van der Waals surface area contributed by atoms with E-state index in [2.05, 4.69) is 19.9 Å². The van der Waals surface area contributed by atoms with Crippen LogP contribution < -0.4 is 0 Å². The van der Waals surface area contributed by atoms with Crippen LogP contribution in [0.25, 0.3) is 0 Å². The Hall–Kier alpha value is -0.790. The molecular formula is C12H18O2. The van der Waals surface area contributed by atoms with Gasteiger partial charge in [-0.05, 0) is 36.5 Å². The fourth-order valence-corrected chi connectivity index (χ4v) is 3.01. The van der Waals surface area contributed by atoms with E-state index < -0.39 is 5.97 Å². The number of allylic oxidation sites excluding steroid dienone is 2. The Kier molecular flexibility index (Phi) is 2.17. The zero-order valence-corrected chi connectivity index (χ0v) is 8.92. The second kappa shape index (κ2) is 3.11. The lowest BCUT2D eigenvalue weighted by Crippen LogP contribution is -2.48. The van der Waals surface area contributed by atoms with E-state index in [1.54, 1.807) is 0 Å². The summed E-state index contributed by atoms with van der Waals surface area (Å²) in [6, 6.07) is 0. The summed E-state index contributed by atoms with van der Waals surface area (Å²) >= 11 is 0. The summed E-state index contributed by atoms with van der Waals surface area (Å²) in [6.07, 6.45) is 5.79.